The van der Waals surface area contributed by atoms with Crippen molar-refractivity contribution >= 4 is 27.4 Å². The Morgan fingerprint density at radius 2 is 1.96 bits per heavy atom. The highest BCUT2D eigenvalue weighted by atomic mass is 79.9. The van der Waals surface area contributed by atoms with Gasteiger partial charge >= 0.3 is 0 Å². The summed E-state index contributed by atoms with van der Waals surface area (Å²) >= 11 is 3.56. The molecule has 3 rings (SSSR count). The summed E-state index contributed by atoms with van der Waals surface area (Å²) < 4.78 is 1.12. The van der Waals surface area contributed by atoms with Gasteiger partial charge in [-0.15, -0.1) is 0 Å². The quantitative estimate of drug-likeness (QED) is 0.517. The lowest BCUT2D eigenvalue weighted by Gasteiger charge is -2.10. The SMILES string of the molecule is Cc1c(Br)ccnc1CCCCNc1ncc(Cc2cccnc2)cc1N. The monoisotopic (exact) mass is 425 g/mol. The number of aromatic nitrogens is 3. The van der Waals surface area contributed by atoms with Gasteiger partial charge in [-0.25, -0.2) is 4.98 Å². The number of nitrogens with one attached hydrogen (secondary N) is 1. The van der Waals surface area contributed by atoms with Crippen molar-refractivity contribution in [1.29, 1.82) is 0 Å². The number of pyridine rings is 3. The van der Waals surface area contributed by atoms with E-state index in [2.05, 4.69) is 49.2 Å². The third-order valence-electron chi connectivity index (χ3n) is 4.48. The molecule has 3 aromatic heterocycles. The first-order valence-corrected chi connectivity index (χ1v) is 9.90. The summed E-state index contributed by atoms with van der Waals surface area (Å²) in [5.41, 5.74) is 11.5. The Labute approximate surface area is 168 Å². The van der Waals surface area contributed by atoms with Gasteiger partial charge in [-0.1, -0.05) is 22.0 Å². The van der Waals surface area contributed by atoms with Crippen molar-refractivity contribution in [3.8, 4) is 0 Å². The van der Waals surface area contributed by atoms with Crippen LogP contribution in [-0.2, 0) is 12.8 Å². The van der Waals surface area contributed by atoms with E-state index < -0.39 is 0 Å². The van der Waals surface area contributed by atoms with Crippen molar-refractivity contribution in [3.63, 3.8) is 0 Å². The van der Waals surface area contributed by atoms with E-state index in [0.717, 1.165) is 59.3 Å². The first-order valence-electron chi connectivity index (χ1n) is 9.10. The highest BCUT2D eigenvalue weighted by Gasteiger charge is 2.05. The molecule has 0 atom stereocenters. The highest BCUT2D eigenvalue weighted by molar-refractivity contribution is 9.10. The number of hydrogen-bond donors (Lipinski definition) is 2. The number of halogens is 1. The molecule has 0 aliphatic rings. The predicted molar refractivity (Wildman–Crippen MR) is 114 cm³/mol. The molecule has 0 fully saturated rings. The van der Waals surface area contributed by atoms with E-state index in [9.17, 15) is 0 Å². The maximum Gasteiger partial charge on any atom is 0.149 e. The van der Waals surface area contributed by atoms with Crippen molar-refractivity contribution in [2.24, 2.45) is 0 Å². The molecule has 140 valence electrons. The van der Waals surface area contributed by atoms with Gasteiger partial charge < -0.3 is 11.1 Å². The first kappa shape index (κ1) is 19.3. The van der Waals surface area contributed by atoms with E-state index in [1.807, 2.05) is 36.8 Å². The summed E-state index contributed by atoms with van der Waals surface area (Å²) in [6.45, 7) is 2.94. The molecule has 0 aliphatic carbocycles. The summed E-state index contributed by atoms with van der Waals surface area (Å²) in [6, 6.07) is 7.95. The fourth-order valence-electron chi connectivity index (χ4n) is 2.94. The zero-order valence-corrected chi connectivity index (χ0v) is 17.0. The molecule has 0 saturated heterocycles. The molecule has 0 saturated carbocycles. The lowest BCUT2D eigenvalue weighted by atomic mass is 10.1. The Morgan fingerprint density at radius 3 is 2.74 bits per heavy atom. The minimum absolute atomic E-state index is 0.681. The average molecular weight is 426 g/mol. The van der Waals surface area contributed by atoms with Gasteiger partial charge in [0.15, 0.2) is 0 Å². The van der Waals surface area contributed by atoms with Crippen LogP contribution in [-0.4, -0.2) is 21.5 Å². The van der Waals surface area contributed by atoms with Crippen LogP contribution < -0.4 is 11.1 Å². The molecule has 0 aromatic carbocycles. The second-order valence-electron chi connectivity index (χ2n) is 6.57. The normalized spacial score (nSPS) is 10.7. The van der Waals surface area contributed by atoms with Crippen LogP contribution >= 0.6 is 15.9 Å². The Morgan fingerprint density at radius 1 is 1.07 bits per heavy atom. The summed E-state index contributed by atoms with van der Waals surface area (Å²) in [5.74, 6) is 0.752. The number of nitrogens with zero attached hydrogens (tertiary/aromatic N) is 3. The van der Waals surface area contributed by atoms with Gasteiger partial charge in [0, 0.05) is 47.9 Å². The van der Waals surface area contributed by atoms with Crippen LogP contribution in [0.4, 0.5) is 11.5 Å². The fourth-order valence-corrected chi connectivity index (χ4v) is 3.29. The van der Waals surface area contributed by atoms with E-state index >= 15 is 0 Å². The molecule has 0 bridgehead atoms. The van der Waals surface area contributed by atoms with Gasteiger partial charge in [-0.3, -0.25) is 9.97 Å². The van der Waals surface area contributed by atoms with E-state index in [1.54, 1.807) is 6.20 Å². The predicted octanol–water partition coefficient (Wildman–Crippen LogP) is 4.55. The second-order valence-corrected chi connectivity index (χ2v) is 7.42. The zero-order valence-electron chi connectivity index (χ0n) is 15.5. The number of nitrogens with two attached hydrogens (primary N) is 1. The number of nitrogen functional groups attached to an aromatic ring is 1. The summed E-state index contributed by atoms with van der Waals surface area (Å²) in [5, 5.41) is 3.34. The topological polar surface area (TPSA) is 76.7 Å². The van der Waals surface area contributed by atoms with E-state index in [4.69, 9.17) is 5.73 Å². The highest BCUT2D eigenvalue weighted by Crippen LogP contribution is 2.20. The van der Waals surface area contributed by atoms with Crippen molar-refractivity contribution in [2.45, 2.75) is 32.6 Å². The number of unbranched alkanes of at least 4 members (excludes halogenated alkanes) is 1. The smallest absolute Gasteiger partial charge is 0.149 e. The van der Waals surface area contributed by atoms with Gasteiger partial charge in [0.1, 0.15) is 5.82 Å². The summed E-state index contributed by atoms with van der Waals surface area (Å²) in [7, 11) is 0. The second kappa shape index (κ2) is 9.46. The summed E-state index contributed by atoms with van der Waals surface area (Å²) in [6.07, 6.45) is 11.2. The minimum atomic E-state index is 0.681. The molecular weight excluding hydrogens is 402 g/mol. The van der Waals surface area contributed by atoms with Crippen molar-refractivity contribution in [3.05, 3.63) is 75.9 Å². The van der Waals surface area contributed by atoms with Gasteiger partial charge in [-0.05, 0) is 61.1 Å². The lowest BCUT2D eigenvalue weighted by molar-refractivity contribution is 0.743. The Hall–Kier alpha value is -2.47. The van der Waals surface area contributed by atoms with Crippen LogP contribution in [0.1, 0.15) is 35.2 Å². The number of rotatable bonds is 8. The van der Waals surface area contributed by atoms with Crippen LogP contribution in [0.2, 0.25) is 0 Å². The Kier molecular flexibility index (Phi) is 6.76. The van der Waals surface area contributed by atoms with Crippen LogP contribution in [0.25, 0.3) is 0 Å². The molecule has 27 heavy (non-hydrogen) atoms. The Balaban J connectivity index is 1.46. The molecule has 3 N–H and O–H groups in total. The fraction of sp³-hybridized carbons (Fsp3) is 0.286. The molecule has 0 amide bonds. The third-order valence-corrected chi connectivity index (χ3v) is 5.34. The summed E-state index contributed by atoms with van der Waals surface area (Å²) in [4.78, 5) is 13.1. The molecular formula is C21H24BrN5. The van der Waals surface area contributed by atoms with Crippen molar-refractivity contribution < 1.29 is 0 Å². The van der Waals surface area contributed by atoms with Crippen LogP contribution in [0.15, 0.2) is 53.5 Å². The van der Waals surface area contributed by atoms with Crippen LogP contribution in [0, 0.1) is 6.92 Å². The average Bonchev–Trinajstić information content (AvgIpc) is 2.67. The van der Waals surface area contributed by atoms with E-state index in [0.29, 0.717) is 5.69 Å². The maximum atomic E-state index is 6.16. The van der Waals surface area contributed by atoms with Gasteiger partial charge in [-0.2, -0.15) is 0 Å². The van der Waals surface area contributed by atoms with Crippen LogP contribution in [0.5, 0.6) is 0 Å². The number of hydrogen-bond acceptors (Lipinski definition) is 5. The molecule has 0 aliphatic heterocycles. The first-order chi connectivity index (χ1) is 13.1. The molecule has 3 heterocycles. The lowest BCUT2D eigenvalue weighted by Crippen LogP contribution is -2.07. The minimum Gasteiger partial charge on any atom is -0.396 e. The maximum absolute atomic E-state index is 6.16. The van der Waals surface area contributed by atoms with Gasteiger partial charge in [0.2, 0.25) is 0 Å². The molecule has 3 aromatic rings. The third kappa shape index (κ3) is 5.50. The van der Waals surface area contributed by atoms with E-state index in [1.165, 1.54) is 5.56 Å². The molecule has 0 spiro atoms. The molecule has 0 radical (unpaired) electrons. The van der Waals surface area contributed by atoms with Gasteiger partial charge in [0.25, 0.3) is 0 Å². The Bertz CT molecular complexity index is 883. The number of aryl methyl sites for hydroxylation is 1. The van der Waals surface area contributed by atoms with E-state index in [-0.39, 0.29) is 0 Å². The van der Waals surface area contributed by atoms with Crippen molar-refractivity contribution in [2.75, 3.05) is 17.6 Å². The molecule has 6 heteroatoms. The van der Waals surface area contributed by atoms with Crippen LogP contribution in [0.3, 0.4) is 0 Å². The van der Waals surface area contributed by atoms with Gasteiger partial charge in [0.05, 0.1) is 5.69 Å². The molecule has 0 unspecified atom stereocenters. The standard InChI is InChI=1S/C21H24BrN5/c1-15-18(22)7-10-25-20(15)6-2-3-9-26-21-19(23)12-17(14-27-21)11-16-5-4-8-24-13-16/h4-5,7-8,10,12-14H,2-3,6,9,11,23H2,1H3,(H,26,27). The molecule has 5 nitrogen and oxygen atoms in total. The zero-order chi connectivity index (χ0) is 19.1. The number of anilines is 2. The van der Waals surface area contributed by atoms with Crippen molar-refractivity contribution in [1.82, 2.24) is 15.0 Å². The largest absolute Gasteiger partial charge is 0.396 e.